The van der Waals surface area contributed by atoms with Gasteiger partial charge in [-0.15, -0.1) is 0 Å². The molecule has 4 nitrogen and oxygen atoms in total. The largest absolute Gasteiger partial charge is 0.396 e. The maximum absolute atomic E-state index is 8.99. The summed E-state index contributed by atoms with van der Waals surface area (Å²) in [4.78, 5) is 4.88. The molecule has 1 aliphatic rings. The molecule has 0 saturated carbocycles. The van der Waals surface area contributed by atoms with E-state index in [2.05, 4.69) is 23.6 Å². The summed E-state index contributed by atoms with van der Waals surface area (Å²) in [6.45, 7) is 10.8. The van der Waals surface area contributed by atoms with Crippen LogP contribution in [0.5, 0.6) is 0 Å². The number of aliphatic hydroxyl groups excluding tert-OH is 1. The highest BCUT2D eigenvalue weighted by atomic mass is 16.3. The normalized spacial score (nSPS) is 24.0. The van der Waals surface area contributed by atoms with Gasteiger partial charge in [0.1, 0.15) is 0 Å². The first-order valence-electron chi connectivity index (χ1n) is 5.94. The van der Waals surface area contributed by atoms with Crippen LogP contribution in [0.1, 0.15) is 13.8 Å². The predicted octanol–water partition coefficient (Wildman–Crippen LogP) is -0.420. The molecule has 4 heteroatoms. The predicted molar refractivity (Wildman–Crippen MR) is 62.8 cm³/mol. The summed E-state index contributed by atoms with van der Waals surface area (Å²) in [7, 11) is 0. The van der Waals surface area contributed by atoms with Crippen molar-refractivity contribution in [2.75, 3.05) is 45.9 Å². The molecule has 0 amide bonds. The van der Waals surface area contributed by atoms with Crippen molar-refractivity contribution in [2.45, 2.75) is 19.9 Å². The summed E-state index contributed by atoms with van der Waals surface area (Å²) < 4.78 is 0. The smallest absolute Gasteiger partial charge is 0.0468 e. The van der Waals surface area contributed by atoms with Crippen molar-refractivity contribution in [3.05, 3.63) is 0 Å². The first kappa shape index (κ1) is 12.9. The van der Waals surface area contributed by atoms with Crippen molar-refractivity contribution in [1.29, 1.82) is 0 Å². The molecule has 3 N–H and O–H groups in total. The standard InChI is InChI=1S/C11H25N3O/c1-10(9-15)8-13-3-5-14(6-4-13)11(2)7-12/h10-11,15H,3-9,12H2,1-2H3. The topological polar surface area (TPSA) is 52.7 Å². The van der Waals surface area contributed by atoms with E-state index in [1.54, 1.807) is 0 Å². The van der Waals surface area contributed by atoms with Gasteiger partial charge < -0.3 is 15.7 Å². The van der Waals surface area contributed by atoms with Crippen LogP contribution in [0.2, 0.25) is 0 Å². The molecule has 15 heavy (non-hydrogen) atoms. The Morgan fingerprint density at radius 3 is 2.27 bits per heavy atom. The van der Waals surface area contributed by atoms with Gasteiger partial charge in [-0.2, -0.15) is 0 Å². The number of hydrogen-bond acceptors (Lipinski definition) is 4. The Labute approximate surface area is 93.0 Å². The number of aliphatic hydroxyl groups is 1. The summed E-state index contributed by atoms with van der Waals surface area (Å²) in [6.07, 6.45) is 0. The summed E-state index contributed by atoms with van der Waals surface area (Å²) in [6, 6.07) is 0.502. The van der Waals surface area contributed by atoms with Crippen molar-refractivity contribution in [3.8, 4) is 0 Å². The van der Waals surface area contributed by atoms with Gasteiger partial charge in [0.25, 0.3) is 0 Å². The Kier molecular flexibility index (Phi) is 5.53. The Morgan fingerprint density at radius 1 is 1.20 bits per heavy atom. The van der Waals surface area contributed by atoms with Crippen molar-refractivity contribution in [2.24, 2.45) is 11.7 Å². The summed E-state index contributed by atoms with van der Waals surface area (Å²) in [5.41, 5.74) is 5.65. The summed E-state index contributed by atoms with van der Waals surface area (Å²) >= 11 is 0. The minimum absolute atomic E-state index is 0.291. The van der Waals surface area contributed by atoms with Crippen LogP contribution in [0.15, 0.2) is 0 Å². The molecule has 1 saturated heterocycles. The zero-order valence-electron chi connectivity index (χ0n) is 10.0. The Hall–Kier alpha value is -0.160. The van der Waals surface area contributed by atoms with Gasteiger partial charge >= 0.3 is 0 Å². The van der Waals surface area contributed by atoms with Gasteiger partial charge in [-0.05, 0) is 12.8 Å². The second-order valence-electron chi connectivity index (χ2n) is 4.71. The van der Waals surface area contributed by atoms with Gasteiger partial charge in [0.15, 0.2) is 0 Å². The lowest BCUT2D eigenvalue weighted by molar-refractivity contribution is 0.0856. The van der Waals surface area contributed by atoms with E-state index in [-0.39, 0.29) is 0 Å². The first-order chi connectivity index (χ1) is 7.17. The van der Waals surface area contributed by atoms with E-state index in [1.165, 1.54) is 0 Å². The van der Waals surface area contributed by atoms with E-state index in [9.17, 15) is 0 Å². The summed E-state index contributed by atoms with van der Waals surface area (Å²) in [5.74, 6) is 0.392. The first-order valence-corrected chi connectivity index (χ1v) is 5.94. The van der Waals surface area contributed by atoms with E-state index >= 15 is 0 Å². The molecule has 1 rings (SSSR count). The molecule has 2 atom stereocenters. The molecule has 1 heterocycles. The van der Waals surface area contributed by atoms with Crippen LogP contribution in [0.25, 0.3) is 0 Å². The molecule has 0 bridgehead atoms. The van der Waals surface area contributed by atoms with Crippen LogP contribution in [0.3, 0.4) is 0 Å². The van der Waals surface area contributed by atoms with E-state index < -0.39 is 0 Å². The van der Waals surface area contributed by atoms with Crippen LogP contribution in [-0.4, -0.2) is 66.8 Å². The molecular weight excluding hydrogens is 190 g/mol. The Balaban J connectivity index is 2.23. The maximum atomic E-state index is 8.99. The lowest BCUT2D eigenvalue weighted by Crippen LogP contribution is -2.52. The highest BCUT2D eigenvalue weighted by Crippen LogP contribution is 2.07. The molecule has 0 aromatic rings. The van der Waals surface area contributed by atoms with E-state index in [4.69, 9.17) is 10.8 Å². The van der Waals surface area contributed by atoms with Crippen LogP contribution in [0, 0.1) is 5.92 Å². The van der Waals surface area contributed by atoms with E-state index in [0.29, 0.717) is 18.6 Å². The maximum Gasteiger partial charge on any atom is 0.0468 e. The number of nitrogens with two attached hydrogens (primary N) is 1. The lowest BCUT2D eigenvalue weighted by atomic mass is 10.1. The van der Waals surface area contributed by atoms with Crippen molar-refractivity contribution < 1.29 is 5.11 Å². The molecule has 0 radical (unpaired) electrons. The highest BCUT2D eigenvalue weighted by molar-refractivity contribution is 4.77. The van der Waals surface area contributed by atoms with Gasteiger partial charge in [0.2, 0.25) is 0 Å². The fourth-order valence-corrected chi connectivity index (χ4v) is 2.03. The van der Waals surface area contributed by atoms with Crippen LogP contribution in [0.4, 0.5) is 0 Å². The van der Waals surface area contributed by atoms with Gasteiger partial charge in [-0.25, -0.2) is 0 Å². The average Bonchev–Trinajstić information content (AvgIpc) is 2.29. The highest BCUT2D eigenvalue weighted by Gasteiger charge is 2.20. The number of piperazine rings is 1. The second-order valence-corrected chi connectivity index (χ2v) is 4.71. The Morgan fingerprint density at radius 2 is 1.80 bits per heavy atom. The molecule has 0 spiro atoms. The molecule has 2 unspecified atom stereocenters. The van der Waals surface area contributed by atoms with E-state index in [1.807, 2.05) is 0 Å². The molecule has 1 aliphatic heterocycles. The molecule has 0 aromatic carbocycles. The molecule has 90 valence electrons. The minimum Gasteiger partial charge on any atom is -0.396 e. The quantitative estimate of drug-likeness (QED) is 0.654. The third kappa shape index (κ3) is 4.07. The lowest BCUT2D eigenvalue weighted by Gasteiger charge is -2.38. The third-order valence-electron chi connectivity index (χ3n) is 3.25. The number of nitrogens with zero attached hydrogens (tertiary/aromatic N) is 2. The molecule has 0 aromatic heterocycles. The Bertz CT molecular complexity index is 169. The van der Waals surface area contributed by atoms with Gasteiger partial charge in [-0.3, -0.25) is 4.90 Å². The minimum atomic E-state index is 0.291. The van der Waals surface area contributed by atoms with Gasteiger partial charge in [0, 0.05) is 51.9 Å². The number of hydrogen-bond donors (Lipinski definition) is 2. The molecular formula is C11H25N3O. The van der Waals surface area contributed by atoms with Crippen molar-refractivity contribution >= 4 is 0 Å². The van der Waals surface area contributed by atoms with Gasteiger partial charge in [-0.1, -0.05) is 6.92 Å². The van der Waals surface area contributed by atoms with Crippen LogP contribution in [-0.2, 0) is 0 Å². The average molecular weight is 215 g/mol. The monoisotopic (exact) mass is 215 g/mol. The zero-order valence-corrected chi connectivity index (χ0v) is 10.0. The second kappa shape index (κ2) is 6.43. The van der Waals surface area contributed by atoms with E-state index in [0.717, 1.165) is 39.3 Å². The van der Waals surface area contributed by atoms with Gasteiger partial charge in [0.05, 0.1) is 0 Å². The van der Waals surface area contributed by atoms with Crippen molar-refractivity contribution in [3.63, 3.8) is 0 Å². The van der Waals surface area contributed by atoms with Crippen molar-refractivity contribution in [1.82, 2.24) is 9.80 Å². The SMILES string of the molecule is CC(CO)CN1CCN(C(C)CN)CC1. The van der Waals surface area contributed by atoms with Crippen LogP contribution < -0.4 is 5.73 Å². The fraction of sp³-hybridized carbons (Fsp3) is 1.00. The number of rotatable bonds is 5. The molecule has 1 fully saturated rings. The summed E-state index contributed by atoms with van der Waals surface area (Å²) in [5, 5.41) is 8.99. The van der Waals surface area contributed by atoms with Crippen LogP contribution >= 0.6 is 0 Å². The zero-order chi connectivity index (χ0) is 11.3. The fourth-order valence-electron chi connectivity index (χ4n) is 2.03. The molecule has 0 aliphatic carbocycles. The third-order valence-corrected chi connectivity index (χ3v) is 3.25.